The monoisotopic (exact) mass is 1000 g/mol. The maximum Gasteiger partial charge on any atom is 0.306 e. The van der Waals surface area contributed by atoms with Crippen LogP contribution in [0.25, 0.3) is 0 Å². The first-order valence-electron chi connectivity index (χ1n) is 28.6. The molecule has 0 aromatic heterocycles. The minimum Gasteiger partial charge on any atom is -0.457 e. The molecule has 1 heterocycles. The van der Waals surface area contributed by atoms with Crippen molar-refractivity contribution in [1.82, 2.24) is 0 Å². The molecule has 1 aliphatic rings. The van der Waals surface area contributed by atoms with Crippen LogP contribution in [0.15, 0.2) is 122 Å². The van der Waals surface area contributed by atoms with Crippen LogP contribution in [0.2, 0.25) is 0 Å². The summed E-state index contributed by atoms with van der Waals surface area (Å²) in [6.45, 7) is 4.29. The Hall–Kier alpha value is -3.41. The molecule has 4 N–H and O–H groups in total. The summed E-state index contributed by atoms with van der Waals surface area (Å²) in [5.74, 6) is -0.327. The first-order chi connectivity index (χ1) is 35.4. The van der Waals surface area contributed by atoms with Crippen molar-refractivity contribution < 1.29 is 44.2 Å². The molecule has 9 heteroatoms. The van der Waals surface area contributed by atoms with Crippen molar-refractivity contribution in [2.75, 3.05) is 26.4 Å². The normalized spacial score (nSPS) is 19.7. The van der Waals surface area contributed by atoms with Gasteiger partial charge in [-0.05, 0) is 103 Å². The second-order valence-corrected chi connectivity index (χ2v) is 19.0. The van der Waals surface area contributed by atoms with Crippen LogP contribution in [-0.4, -0.2) is 89.6 Å². The molecule has 6 unspecified atom stereocenters. The molecule has 0 bridgehead atoms. The van der Waals surface area contributed by atoms with Gasteiger partial charge in [0.05, 0.1) is 19.8 Å². The van der Waals surface area contributed by atoms with Crippen molar-refractivity contribution in [3.05, 3.63) is 122 Å². The van der Waals surface area contributed by atoms with Crippen LogP contribution in [0.1, 0.15) is 206 Å². The molecule has 72 heavy (non-hydrogen) atoms. The van der Waals surface area contributed by atoms with Gasteiger partial charge in [0.1, 0.15) is 30.5 Å². The van der Waals surface area contributed by atoms with E-state index in [9.17, 15) is 25.2 Å². The number of hydrogen-bond acceptors (Lipinski definition) is 9. The van der Waals surface area contributed by atoms with E-state index in [4.69, 9.17) is 18.9 Å². The third-order valence-electron chi connectivity index (χ3n) is 12.4. The minimum absolute atomic E-state index is 0.127. The molecule has 1 fully saturated rings. The lowest BCUT2D eigenvalue weighted by atomic mass is 9.99. The molecule has 0 spiro atoms. The highest BCUT2D eigenvalue weighted by Gasteiger charge is 2.44. The molecule has 0 radical (unpaired) electrons. The summed E-state index contributed by atoms with van der Waals surface area (Å²) >= 11 is 0. The zero-order valence-corrected chi connectivity index (χ0v) is 45.4. The Bertz CT molecular complexity index is 1520. The summed E-state index contributed by atoms with van der Waals surface area (Å²) in [6.07, 6.45) is 69.5. The van der Waals surface area contributed by atoms with Crippen LogP contribution >= 0.6 is 0 Å². The van der Waals surface area contributed by atoms with E-state index in [0.717, 1.165) is 116 Å². The van der Waals surface area contributed by atoms with Gasteiger partial charge >= 0.3 is 5.97 Å². The second-order valence-electron chi connectivity index (χ2n) is 19.0. The molecule has 6 atom stereocenters. The van der Waals surface area contributed by atoms with Gasteiger partial charge in [-0.15, -0.1) is 0 Å². The second kappa shape index (κ2) is 52.5. The lowest BCUT2D eigenvalue weighted by Crippen LogP contribution is -2.59. The number of rotatable bonds is 48. The Morgan fingerprint density at radius 3 is 1.21 bits per heavy atom. The zero-order valence-electron chi connectivity index (χ0n) is 45.4. The smallest absolute Gasteiger partial charge is 0.306 e. The predicted octanol–water partition coefficient (Wildman–Crippen LogP) is 15.0. The Morgan fingerprint density at radius 2 is 0.806 bits per heavy atom. The summed E-state index contributed by atoms with van der Waals surface area (Å²) < 4.78 is 23.0. The molecule has 0 saturated carbocycles. The molecule has 410 valence electrons. The Balaban J connectivity index is 2.19. The van der Waals surface area contributed by atoms with Crippen LogP contribution in [0.4, 0.5) is 0 Å². The minimum atomic E-state index is -1.55. The number of carbonyl (C=O) groups is 1. The van der Waals surface area contributed by atoms with Gasteiger partial charge in [-0.3, -0.25) is 4.79 Å². The SMILES string of the molecule is CC/C=C\C/C=C\C/C=C\C/C=C\C/C=C\C/C=C\CCCCCCCCCOCC(COC1OC(CO)C(O)C(O)C1O)OC(=O)CCCCCCCCCCCC/C=C\C/C=C\C/C=C\C/C=C\CC. The molecular weight excluding hydrogens is 901 g/mol. The average molecular weight is 1010 g/mol. The molecule has 1 aliphatic heterocycles. The quantitative estimate of drug-likeness (QED) is 0.0267. The highest BCUT2D eigenvalue weighted by Crippen LogP contribution is 2.23. The molecule has 0 aromatic rings. The average Bonchev–Trinajstić information content (AvgIpc) is 3.38. The van der Waals surface area contributed by atoms with Gasteiger partial charge in [-0.1, -0.05) is 219 Å². The van der Waals surface area contributed by atoms with Crippen LogP contribution in [-0.2, 0) is 23.7 Å². The van der Waals surface area contributed by atoms with E-state index in [-0.39, 0.29) is 19.2 Å². The number of ether oxygens (including phenoxy) is 4. The highest BCUT2D eigenvalue weighted by molar-refractivity contribution is 5.69. The zero-order chi connectivity index (χ0) is 52.1. The van der Waals surface area contributed by atoms with Crippen LogP contribution in [0.5, 0.6) is 0 Å². The molecule has 1 rings (SSSR count). The number of hydrogen-bond donors (Lipinski definition) is 4. The van der Waals surface area contributed by atoms with E-state index in [0.29, 0.717) is 13.0 Å². The maximum absolute atomic E-state index is 12.9. The van der Waals surface area contributed by atoms with Crippen LogP contribution in [0, 0.1) is 0 Å². The van der Waals surface area contributed by atoms with Gasteiger partial charge in [0.25, 0.3) is 0 Å². The Labute approximate surface area is 439 Å². The van der Waals surface area contributed by atoms with Gasteiger partial charge in [-0.2, -0.15) is 0 Å². The summed E-state index contributed by atoms with van der Waals surface area (Å²) in [7, 11) is 0. The van der Waals surface area contributed by atoms with Crippen LogP contribution in [0.3, 0.4) is 0 Å². The van der Waals surface area contributed by atoms with Crippen LogP contribution < -0.4 is 0 Å². The summed E-state index contributed by atoms with van der Waals surface area (Å²) in [4.78, 5) is 12.9. The summed E-state index contributed by atoms with van der Waals surface area (Å²) in [5.41, 5.74) is 0. The number of allylic oxidation sites excluding steroid dienone is 20. The van der Waals surface area contributed by atoms with Gasteiger partial charge < -0.3 is 39.4 Å². The standard InChI is InChI=1S/C63H104O9/c1-3-5-7-9-11-13-15-17-19-21-23-25-27-28-29-31-33-35-37-39-41-43-45-47-49-51-53-69-55-57(56-70-63-62(68)61(67)60(66)58(54-64)72-63)71-59(65)52-50-48-46-44-42-40-38-36-34-32-30-26-24-22-20-18-16-14-12-10-8-6-4-2/h5-8,11-14,17-20,23-26,28-29,33,35,57-58,60-64,66-68H,3-4,9-10,15-16,21-22,27,30-32,34,36-56H2,1-2H3/b7-5-,8-6-,13-11-,14-12-,19-17-,20-18-,25-23-,26-24-,29-28-,35-33-. The van der Waals surface area contributed by atoms with Gasteiger partial charge in [0, 0.05) is 13.0 Å². The predicted molar refractivity (Wildman–Crippen MR) is 302 cm³/mol. The van der Waals surface area contributed by atoms with E-state index in [1.807, 2.05) is 0 Å². The Morgan fingerprint density at radius 1 is 0.444 bits per heavy atom. The molecule has 0 aromatic carbocycles. The van der Waals surface area contributed by atoms with Crippen molar-refractivity contribution in [2.45, 2.75) is 243 Å². The fourth-order valence-corrected chi connectivity index (χ4v) is 8.02. The van der Waals surface area contributed by atoms with E-state index in [1.165, 1.54) is 70.6 Å². The van der Waals surface area contributed by atoms with E-state index in [1.54, 1.807) is 0 Å². The molecule has 9 nitrogen and oxygen atoms in total. The number of aliphatic hydroxyl groups excluding tert-OH is 4. The third kappa shape index (κ3) is 42.0. The number of carbonyl (C=O) groups excluding carboxylic acids is 1. The number of unbranched alkanes of at least 4 members (excludes halogenated alkanes) is 17. The molecule has 0 amide bonds. The molecule has 1 saturated heterocycles. The molecule has 0 aliphatic carbocycles. The first-order valence-corrected chi connectivity index (χ1v) is 28.6. The topological polar surface area (TPSA) is 135 Å². The highest BCUT2D eigenvalue weighted by atomic mass is 16.7. The van der Waals surface area contributed by atoms with Gasteiger partial charge in [-0.25, -0.2) is 0 Å². The maximum atomic E-state index is 12.9. The largest absolute Gasteiger partial charge is 0.457 e. The van der Waals surface area contributed by atoms with Crippen molar-refractivity contribution in [3.8, 4) is 0 Å². The van der Waals surface area contributed by atoms with E-state index in [2.05, 4.69) is 135 Å². The lowest BCUT2D eigenvalue weighted by molar-refractivity contribution is -0.305. The fourth-order valence-electron chi connectivity index (χ4n) is 8.02. The van der Waals surface area contributed by atoms with E-state index < -0.39 is 43.4 Å². The van der Waals surface area contributed by atoms with Crippen molar-refractivity contribution >= 4 is 5.97 Å². The van der Waals surface area contributed by atoms with Crippen molar-refractivity contribution in [3.63, 3.8) is 0 Å². The van der Waals surface area contributed by atoms with Gasteiger partial charge in [0.15, 0.2) is 6.29 Å². The van der Waals surface area contributed by atoms with E-state index >= 15 is 0 Å². The number of esters is 1. The van der Waals surface area contributed by atoms with Gasteiger partial charge in [0.2, 0.25) is 0 Å². The Kier molecular flexibility index (Phi) is 48.5. The summed E-state index contributed by atoms with van der Waals surface area (Å²) in [5, 5.41) is 40.4. The molecular formula is C63H104O9. The summed E-state index contributed by atoms with van der Waals surface area (Å²) in [6, 6.07) is 0. The number of aliphatic hydroxyl groups is 4. The third-order valence-corrected chi connectivity index (χ3v) is 12.4. The first kappa shape index (κ1) is 66.6. The fraction of sp³-hybridized carbons (Fsp3) is 0.667. The van der Waals surface area contributed by atoms with Crippen molar-refractivity contribution in [1.29, 1.82) is 0 Å². The lowest BCUT2D eigenvalue weighted by Gasteiger charge is -2.39. The van der Waals surface area contributed by atoms with Crippen molar-refractivity contribution in [2.24, 2.45) is 0 Å².